The predicted molar refractivity (Wildman–Crippen MR) is 73.4 cm³/mol. The van der Waals surface area contributed by atoms with Crippen LogP contribution < -0.4 is 4.74 Å². The zero-order chi connectivity index (χ0) is 13.7. The van der Waals surface area contributed by atoms with Gasteiger partial charge in [0.15, 0.2) is 12.4 Å². The molecule has 0 fully saturated rings. The smallest absolute Gasteiger partial charge is 0.200 e. The van der Waals surface area contributed by atoms with Crippen molar-refractivity contribution in [3.05, 3.63) is 65.2 Å². The quantitative estimate of drug-likeness (QED) is 0.837. The van der Waals surface area contributed by atoms with E-state index in [4.69, 9.17) is 4.74 Å². The summed E-state index contributed by atoms with van der Waals surface area (Å²) in [7, 11) is 0. The number of carbonyl (C=O) groups is 1. The van der Waals surface area contributed by atoms with Crippen molar-refractivity contribution in [3.63, 3.8) is 0 Å². The van der Waals surface area contributed by atoms with Gasteiger partial charge >= 0.3 is 0 Å². The number of carbonyl (C=O) groups excluding carboxylic acids is 1. The summed E-state index contributed by atoms with van der Waals surface area (Å²) in [6.07, 6.45) is 0. The minimum absolute atomic E-state index is 0.0259. The molecule has 0 aliphatic rings. The Morgan fingerprint density at radius 3 is 2.53 bits per heavy atom. The highest BCUT2D eigenvalue weighted by Gasteiger charge is 2.10. The average Bonchev–Trinajstić information content (AvgIpc) is 2.45. The minimum atomic E-state index is -0.102. The standard InChI is InChI=1S/C16H16O3/c1-12-6-2-4-8-14(12)15(18)11-19-16-9-5-3-7-13(16)10-17/h2-9,17H,10-11H2,1H3. The van der Waals surface area contributed by atoms with Crippen LogP contribution in [0, 0.1) is 6.92 Å². The number of Topliss-reactive ketones (excluding diaryl/α,β-unsaturated/α-hetero) is 1. The van der Waals surface area contributed by atoms with Crippen molar-refractivity contribution in [1.82, 2.24) is 0 Å². The highest BCUT2D eigenvalue weighted by Crippen LogP contribution is 2.18. The summed E-state index contributed by atoms with van der Waals surface area (Å²) in [6.45, 7) is 1.77. The first-order chi connectivity index (χ1) is 9.22. The third-order valence-corrected chi connectivity index (χ3v) is 2.95. The van der Waals surface area contributed by atoms with Crippen LogP contribution in [0.25, 0.3) is 0 Å². The maximum atomic E-state index is 12.1. The fourth-order valence-corrected chi connectivity index (χ4v) is 1.88. The third-order valence-electron chi connectivity index (χ3n) is 2.95. The summed E-state index contributed by atoms with van der Waals surface area (Å²) in [4.78, 5) is 12.1. The van der Waals surface area contributed by atoms with Crippen LogP contribution in [-0.4, -0.2) is 17.5 Å². The van der Waals surface area contributed by atoms with E-state index >= 15 is 0 Å². The van der Waals surface area contributed by atoms with Gasteiger partial charge in [0.25, 0.3) is 0 Å². The molecular weight excluding hydrogens is 240 g/mol. The Labute approximate surface area is 112 Å². The van der Waals surface area contributed by atoms with E-state index in [1.807, 2.05) is 37.3 Å². The molecule has 0 saturated carbocycles. The van der Waals surface area contributed by atoms with Gasteiger partial charge in [-0.2, -0.15) is 0 Å². The van der Waals surface area contributed by atoms with E-state index in [-0.39, 0.29) is 19.0 Å². The molecule has 0 aliphatic heterocycles. The van der Waals surface area contributed by atoms with Gasteiger partial charge in [-0.05, 0) is 18.6 Å². The summed E-state index contributed by atoms with van der Waals surface area (Å²) in [5, 5.41) is 9.18. The molecule has 0 unspecified atom stereocenters. The maximum absolute atomic E-state index is 12.1. The lowest BCUT2D eigenvalue weighted by Gasteiger charge is -2.10. The second kappa shape index (κ2) is 6.16. The molecule has 98 valence electrons. The van der Waals surface area contributed by atoms with Crippen molar-refractivity contribution in [2.45, 2.75) is 13.5 Å². The molecule has 3 nitrogen and oxygen atoms in total. The largest absolute Gasteiger partial charge is 0.485 e. The number of aliphatic hydroxyl groups excluding tert-OH is 1. The number of rotatable bonds is 5. The van der Waals surface area contributed by atoms with E-state index in [1.54, 1.807) is 18.2 Å². The van der Waals surface area contributed by atoms with Gasteiger partial charge < -0.3 is 9.84 Å². The monoisotopic (exact) mass is 256 g/mol. The van der Waals surface area contributed by atoms with E-state index in [0.717, 1.165) is 5.56 Å². The Balaban J connectivity index is 2.07. The van der Waals surface area contributed by atoms with Crippen LogP contribution in [0.4, 0.5) is 0 Å². The van der Waals surface area contributed by atoms with Gasteiger partial charge in [0.2, 0.25) is 0 Å². The van der Waals surface area contributed by atoms with Gasteiger partial charge in [0.05, 0.1) is 6.61 Å². The highest BCUT2D eigenvalue weighted by atomic mass is 16.5. The molecule has 0 aromatic heterocycles. The van der Waals surface area contributed by atoms with Gasteiger partial charge in [-0.3, -0.25) is 4.79 Å². The molecular formula is C16H16O3. The van der Waals surface area contributed by atoms with E-state index in [2.05, 4.69) is 0 Å². The van der Waals surface area contributed by atoms with Crippen molar-refractivity contribution in [3.8, 4) is 5.75 Å². The van der Waals surface area contributed by atoms with Gasteiger partial charge in [-0.1, -0.05) is 42.5 Å². The van der Waals surface area contributed by atoms with Crippen LogP contribution in [0.5, 0.6) is 5.75 Å². The SMILES string of the molecule is Cc1ccccc1C(=O)COc1ccccc1CO. The highest BCUT2D eigenvalue weighted by molar-refractivity contribution is 5.98. The molecule has 2 aromatic carbocycles. The Morgan fingerprint density at radius 2 is 1.79 bits per heavy atom. The normalized spacial score (nSPS) is 10.2. The predicted octanol–water partition coefficient (Wildman–Crippen LogP) is 2.75. The molecule has 3 heteroatoms. The fraction of sp³-hybridized carbons (Fsp3) is 0.188. The van der Waals surface area contributed by atoms with E-state index in [1.165, 1.54) is 0 Å². The zero-order valence-corrected chi connectivity index (χ0v) is 10.8. The molecule has 0 radical (unpaired) electrons. The van der Waals surface area contributed by atoms with Crippen LogP contribution in [-0.2, 0) is 6.61 Å². The van der Waals surface area contributed by atoms with Crippen molar-refractivity contribution in [1.29, 1.82) is 0 Å². The molecule has 2 rings (SSSR count). The Bertz CT molecular complexity index is 576. The lowest BCUT2D eigenvalue weighted by molar-refractivity contribution is 0.0919. The summed E-state index contributed by atoms with van der Waals surface area (Å²) in [5.41, 5.74) is 2.29. The lowest BCUT2D eigenvalue weighted by atomic mass is 10.1. The van der Waals surface area contributed by atoms with Crippen LogP contribution in [0.2, 0.25) is 0 Å². The molecule has 0 bridgehead atoms. The number of ketones is 1. The van der Waals surface area contributed by atoms with Crippen LogP contribution in [0.3, 0.4) is 0 Å². The minimum Gasteiger partial charge on any atom is -0.485 e. The Hall–Kier alpha value is -2.13. The number of hydrogen-bond acceptors (Lipinski definition) is 3. The Morgan fingerprint density at radius 1 is 1.11 bits per heavy atom. The van der Waals surface area contributed by atoms with Crippen molar-refractivity contribution in [2.75, 3.05) is 6.61 Å². The Kier molecular flexibility index (Phi) is 4.31. The number of aliphatic hydroxyl groups is 1. The van der Waals surface area contributed by atoms with Crippen molar-refractivity contribution >= 4 is 5.78 Å². The number of hydrogen-bond donors (Lipinski definition) is 1. The molecule has 0 spiro atoms. The van der Waals surface area contributed by atoms with Gasteiger partial charge in [-0.25, -0.2) is 0 Å². The molecule has 0 heterocycles. The summed E-state index contributed by atoms with van der Waals surface area (Å²) in [5.74, 6) is 0.484. The number of para-hydroxylation sites is 1. The van der Waals surface area contributed by atoms with E-state index in [9.17, 15) is 9.90 Å². The first-order valence-corrected chi connectivity index (χ1v) is 6.12. The first-order valence-electron chi connectivity index (χ1n) is 6.12. The van der Waals surface area contributed by atoms with E-state index in [0.29, 0.717) is 16.9 Å². The lowest BCUT2D eigenvalue weighted by Crippen LogP contribution is -2.13. The third kappa shape index (κ3) is 3.20. The molecule has 19 heavy (non-hydrogen) atoms. The first kappa shape index (κ1) is 13.3. The maximum Gasteiger partial charge on any atom is 0.200 e. The van der Waals surface area contributed by atoms with Gasteiger partial charge in [-0.15, -0.1) is 0 Å². The molecule has 0 amide bonds. The second-order valence-corrected chi connectivity index (χ2v) is 4.29. The molecule has 0 saturated heterocycles. The van der Waals surface area contributed by atoms with Crippen LogP contribution in [0.15, 0.2) is 48.5 Å². The van der Waals surface area contributed by atoms with Crippen molar-refractivity contribution in [2.24, 2.45) is 0 Å². The van der Waals surface area contributed by atoms with Crippen LogP contribution >= 0.6 is 0 Å². The molecule has 2 aromatic rings. The number of benzene rings is 2. The summed E-state index contributed by atoms with van der Waals surface area (Å²) >= 11 is 0. The number of ether oxygens (including phenoxy) is 1. The summed E-state index contributed by atoms with van der Waals surface area (Å²) in [6, 6.07) is 14.6. The molecule has 0 atom stereocenters. The average molecular weight is 256 g/mol. The fourth-order valence-electron chi connectivity index (χ4n) is 1.88. The topological polar surface area (TPSA) is 46.5 Å². The molecule has 1 N–H and O–H groups in total. The van der Waals surface area contributed by atoms with Gasteiger partial charge in [0.1, 0.15) is 5.75 Å². The van der Waals surface area contributed by atoms with E-state index < -0.39 is 0 Å². The molecule has 0 aliphatic carbocycles. The van der Waals surface area contributed by atoms with Crippen LogP contribution in [0.1, 0.15) is 21.5 Å². The zero-order valence-electron chi connectivity index (χ0n) is 10.8. The second-order valence-electron chi connectivity index (χ2n) is 4.29. The van der Waals surface area contributed by atoms with Crippen molar-refractivity contribution < 1.29 is 14.6 Å². The van der Waals surface area contributed by atoms with Gasteiger partial charge in [0, 0.05) is 11.1 Å². The summed E-state index contributed by atoms with van der Waals surface area (Å²) < 4.78 is 5.49. The number of aryl methyl sites for hydroxylation is 1.